The Kier molecular flexibility index (Phi) is 4.28. The Morgan fingerprint density at radius 2 is 2.07 bits per heavy atom. The van der Waals surface area contributed by atoms with Crippen molar-refractivity contribution in [2.75, 3.05) is 0 Å². The maximum atomic E-state index is 10.8. The highest BCUT2D eigenvalue weighted by Gasteiger charge is 2.12. The predicted molar refractivity (Wildman–Crippen MR) is 61.1 cm³/mol. The summed E-state index contributed by atoms with van der Waals surface area (Å²) in [5.41, 5.74) is 2.31. The monoisotopic (exact) mass is 207 g/mol. The molecule has 0 saturated carbocycles. The fraction of sp³-hybridized carbons (Fsp3) is 0.500. The average Bonchev–Trinajstić information content (AvgIpc) is 2.25. The summed E-state index contributed by atoms with van der Waals surface area (Å²) in [5.74, 6) is 0. The van der Waals surface area contributed by atoms with Crippen LogP contribution in [0.1, 0.15) is 37.8 Å². The van der Waals surface area contributed by atoms with Crippen molar-refractivity contribution < 1.29 is 4.92 Å². The van der Waals surface area contributed by atoms with Gasteiger partial charge < -0.3 is 0 Å². The number of nitro benzene ring substituents is 1. The lowest BCUT2D eigenvalue weighted by Gasteiger charge is -2.04. The molecule has 0 bridgehead atoms. The van der Waals surface area contributed by atoms with Crippen molar-refractivity contribution in [1.29, 1.82) is 0 Å². The zero-order valence-electron chi connectivity index (χ0n) is 9.32. The topological polar surface area (TPSA) is 43.1 Å². The molecule has 0 amide bonds. The maximum Gasteiger partial charge on any atom is 0.272 e. The molecule has 0 fully saturated rings. The maximum absolute atomic E-state index is 10.8. The molecular weight excluding hydrogens is 190 g/mol. The van der Waals surface area contributed by atoms with Gasteiger partial charge in [-0.3, -0.25) is 10.1 Å². The van der Waals surface area contributed by atoms with Gasteiger partial charge >= 0.3 is 0 Å². The average molecular weight is 207 g/mol. The molecule has 0 aliphatic rings. The molecule has 0 spiro atoms. The number of hydrogen-bond acceptors (Lipinski definition) is 2. The van der Waals surface area contributed by atoms with Gasteiger partial charge in [0.1, 0.15) is 0 Å². The Morgan fingerprint density at radius 3 is 2.60 bits per heavy atom. The fourth-order valence-corrected chi connectivity index (χ4v) is 1.60. The predicted octanol–water partition coefficient (Wildman–Crippen LogP) is 3.50. The van der Waals surface area contributed by atoms with Crippen LogP contribution in [-0.4, -0.2) is 4.92 Å². The second-order valence-electron chi connectivity index (χ2n) is 3.68. The Labute approximate surface area is 90.3 Å². The number of benzene rings is 1. The van der Waals surface area contributed by atoms with Crippen LogP contribution in [0.5, 0.6) is 0 Å². The summed E-state index contributed by atoms with van der Waals surface area (Å²) in [5, 5.41) is 10.8. The van der Waals surface area contributed by atoms with Crippen LogP contribution in [0.25, 0.3) is 0 Å². The van der Waals surface area contributed by atoms with Gasteiger partial charge in [-0.05, 0) is 30.9 Å². The summed E-state index contributed by atoms with van der Waals surface area (Å²) in [6.07, 6.45) is 3.80. The molecule has 0 aliphatic heterocycles. The molecule has 1 rings (SSSR count). The van der Waals surface area contributed by atoms with E-state index in [1.807, 2.05) is 12.1 Å². The summed E-state index contributed by atoms with van der Waals surface area (Å²) in [6, 6.07) is 5.44. The van der Waals surface area contributed by atoms with Crippen molar-refractivity contribution in [2.24, 2.45) is 0 Å². The third-order valence-corrected chi connectivity index (χ3v) is 2.55. The van der Waals surface area contributed by atoms with Gasteiger partial charge in [0.05, 0.1) is 4.92 Å². The van der Waals surface area contributed by atoms with Crippen molar-refractivity contribution >= 4 is 5.69 Å². The van der Waals surface area contributed by atoms with Gasteiger partial charge in [0.25, 0.3) is 5.69 Å². The Hall–Kier alpha value is -1.38. The van der Waals surface area contributed by atoms with Crippen LogP contribution in [0.2, 0.25) is 0 Å². The molecule has 15 heavy (non-hydrogen) atoms. The molecule has 3 nitrogen and oxygen atoms in total. The zero-order valence-corrected chi connectivity index (χ0v) is 9.32. The fourth-order valence-electron chi connectivity index (χ4n) is 1.60. The molecule has 0 aromatic heterocycles. The third kappa shape index (κ3) is 3.05. The minimum atomic E-state index is -0.287. The highest BCUT2D eigenvalue weighted by molar-refractivity contribution is 5.43. The number of rotatable bonds is 5. The molecule has 0 radical (unpaired) electrons. The van der Waals surface area contributed by atoms with Gasteiger partial charge in [-0.2, -0.15) is 0 Å². The van der Waals surface area contributed by atoms with Crippen molar-refractivity contribution in [3.63, 3.8) is 0 Å². The van der Waals surface area contributed by atoms with E-state index in [0.717, 1.165) is 31.2 Å². The van der Waals surface area contributed by atoms with E-state index in [-0.39, 0.29) is 10.6 Å². The second-order valence-corrected chi connectivity index (χ2v) is 3.68. The van der Waals surface area contributed by atoms with E-state index >= 15 is 0 Å². The third-order valence-electron chi connectivity index (χ3n) is 2.55. The molecule has 1 aromatic rings. The van der Waals surface area contributed by atoms with Crippen LogP contribution in [0.3, 0.4) is 0 Å². The van der Waals surface area contributed by atoms with Gasteiger partial charge in [-0.15, -0.1) is 0 Å². The number of nitro groups is 1. The lowest BCUT2D eigenvalue weighted by molar-refractivity contribution is -0.385. The Bertz CT molecular complexity index is 347. The molecule has 3 heteroatoms. The van der Waals surface area contributed by atoms with E-state index in [2.05, 4.69) is 13.8 Å². The molecule has 0 heterocycles. The van der Waals surface area contributed by atoms with E-state index in [0.29, 0.717) is 0 Å². The van der Waals surface area contributed by atoms with Gasteiger partial charge in [0.15, 0.2) is 0 Å². The normalized spacial score (nSPS) is 10.3. The van der Waals surface area contributed by atoms with E-state index in [9.17, 15) is 10.1 Å². The minimum Gasteiger partial charge on any atom is -0.258 e. The highest BCUT2D eigenvalue weighted by Crippen LogP contribution is 2.22. The Morgan fingerprint density at radius 1 is 1.33 bits per heavy atom. The van der Waals surface area contributed by atoms with E-state index < -0.39 is 0 Å². The molecular formula is C12H17NO2. The smallest absolute Gasteiger partial charge is 0.258 e. The lowest BCUT2D eigenvalue weighted by Crippen LogP contribution is -1.97. The van der Waals surface area contributed by atoms with Crippen molar-refractivity contribution in [3.8, 4) is 0 Å². The molecule has 0 unspecified atom stereocenters. The standard InChI is InChI=1S/C12H17NO2/c1-3-5-6-11-9-10(4-2)7-8-12(11)13(14)15/h7-9H,3-6H2,1-2H3. The number of aryl methyl sites for hydroxylation is 2. The van der Waals surface area contributed by atoms with Gasteiger partial charge in [0.2, 0.25) is 0 Å². The highest BCUT2D eigenvalue weighted by atomic mass is 16.6. The molecule has 1 aromatic carbocycles. The van der Waals surface area contributed by atoms with Crippen molar-refractivity contribution in [1.82, 2.24) is 0 Å². The van der Waals surface area contributed by atoms with Gasteiger partial charge in [-0.1, -0.05) is 26.3 Å². The number of nitrogens with zero attached hydrogens (tertiary/aromatic N) is 1. The number of unbranched alkanes of at least 4 members (excludes halogenated alkanes) is 1. The molecule has 0 N–H and O–H groups in total. The molecule has 82 valence electrons. The van der Waals surface area contributed by atoms with Crippen LogP contribution in [0.15, 0.2) is 18.2 Å². The van der Waals surface area contributed by atoms with Gasteiger partial charge in [-0.25, -0.2) is 0 Å². The summed E-state index contributed by atoms with van der Waals surface area (Å²) in [4.78, 5) is 10.5. The first-order valence-corrected chi connectivity index (χ1v) is 5.45. The van der Waals surface area contributed by atoms with Crippen molar-refractivity contribution in [2.45, 2.75) is 39.5 Å². The summed E-state index contributed by atoms with van der Waals surface area (Å²) >= 11 is 0. The molecule has 0 aliphatic carbocycles. The first-order valence-electron chi connectivity index (χ1n) is 5.45. The SMILES string of the molecule is CCCCc1cc(CC)ccc1[N+](=O)[O-]. The number of hydrogen-bond donors (Lipinski definition) is 0. The van der Waals surface area contributed by atoms with Gasteiger partial charge in [0, 0.05) is 11.6 Å². The molecule has 0 saturated heterocycles. The van der Waals surface area contributed by atoms with Crippen LogP contribution in [-0.2, 0) is 12.8 Å². The summed E-state index contributed by atoms with van der Waals surface area (Å²) in [7, 11) is 0. The van der Waals surface area contributed by atoms with Crippen LogP contribution in [0, 0.1) is 10.1 Å². The van der Waals surface area contributed by atoms with Crippen LogP contribution in [0.4, 0.5) is 5.69 Å². The largest absolute Gasteiger partial charge is 0.272 e. The Balaban J connectivity index is 2.99. The molecule has 0 atom stereocenters. The van der Waals surface area contributed by atoms with E-state index in [1.165, 1.54) is 5.56 Å². The van der Waals surface area contributed by atoms with Crippen LogP contribution >= 0.6 is 0 Å². The second kappa shape index (κ2) is 5.49. The lowest BCUT2D eigenvalue weighted by atomic mass is 10.0. The zero-order chi connectivity index (χ0) is 11.3. The first-order chi connectivity index (χ1) is 7.19. The summed E-state index contributed by atoms with van der Waals surface area (Å²) < 4.78 is 0. The minimum absolute atomic E-state index is 0.264. The van der Waals surface area contributed by atoms with E-state index in [4.69, 9.17) is 0 Å². The summed E-state index contributed by atoms with van der Waals surface area (Å²) in [6.45, 7) is 4.15. The first kappa shape index (κ1) is 11.7. The van der Waals surface area contributed by atoms with Crippen LogP contribution < -0.4 is 0 Å². The van der Waals surface area contributed by atoms with E-state index in [1.54, 1.807) is 6.07 Å². The van der Waals surface area contributed by atoms with Crippen molar-refractivity contribution in [3.05, 3.63) is 39.4 Å². The quantitative estimate of drug-likeness (QED) is 0.547.